The summed E-state index contributed by atoms with van der Waals surface area (Å²) in [6.45, 7) is 0.519. The van der Waals surface area contributed by atoms with Crippen molar-refractivity contribution in [1.29, 1.82) is 0 Å². The second-order valence-corrected chi connectivity index (χ2v) is 3.52. The van der Waals surface area contributed by atoms with Crippen molar-refractivity contribution in [3.05, 3.63) is 26.5 Å². The monoisotopic (exact) mass is 283 g/mol. The molecule has 0 bridgehead atoms. The Hall–Kier alpha value is 0.130. The Labute approximate surface area is 84.1 Å². The van der Waals surface area contributed by atoms with Gasteiger partial charge in [-0.3, -0.25) is 0 Å². The summed E-state index contributed by atoms with van der Waals surface area (Å²) in [5.41, 5.74) is 0.956. The van der Waals surface area contributed by atoms with Gasteiger partial charge in [0.2, 0.25) is 0 Å². The van der Waals surface area contributed by atoms with Crippen LogP contribution in [0.1, 0.15) is 5.56 Å². The van der Waals surface area contributed by atoms with Crippen LogP contribution in [0, 0.1) is 3.57 Å². The molecule has 2 nitrogen and oxygen atoms in total. The van der Waals surface area contributed by atoms with Gasteiger partial charge in [0.25, 0.3) is 0 Å². The minimum absolute atomic E-state index is 0.519. The van der Waals surface area contributed by atoms with E-state index in [0.717, 1.165) is 9.13 Å². The molecule has 4 heteroatoms. The maximum Gasteiger partial charge on any atom is 0.135 e. The van der Waals surface area contributed by atoms with Crippen molar-refractivity contribution in [2.45, 2.75) is 6.61 Å². The summed E-state index contributed by atoms with van der Waals surface area (Å²) in [5.74, 6) is 0. The van der Waals surface area contributed by atoms with Gasteiger partial charge in [0.05, 0.1) is 6.61 Å². The number of halogens is 2. The van der Waals surface area contributed by atoms with Crippen molar-refractivity contribution in [2.75, 3.05) is 7.11 Å². The molecule has 0 N–H and O–H groups in total. The molecular formula is C7H7ClINO. The summed E-state index contributed by atoms with van der Waals surface area (Å²) in [5, 5.41) is 0.527. The molecular weight excluding hydrogens is 276 g/mol. The fourth-order valence-corrected chi connectivity index (χ4v) is 1.66. The third-order valence-corrected chi connectivity index (χ3v) is 2.57. The van der Waals surface area contributed by atoms with Gasteiger partial charge in [0.1, 0.15) is 5.15 Å². The lowest BCUT2D eigenvalue weighted by Gasteiger charge is -2.03. The van der Waals surface area contributed by atoms with E-state index in [1.165, 1.54) is 0 Å². The molecule has 0 atom stereocenters. The van der Waals surface area contributed by atoms with Gasteiger partial charge in [0, 0.05) is 22.4 Å². The lowest BCUT2D eigenvalue weighted by atomic mass is 10.3. The zero-order valence-corrected chi connectivity index (χ0v) is 8.89. The van der Waals surface area contributed by atoms with Crippen LogP contribution in [-0.2, 0) is 11.3 Å². The van der Waals surface area contributed by atoms with Crippen molar-refractivity contribution >= 4 is 34.2 Å². The summed E-state index contributed by atoms with van der Waals surface area (Å²) in [7, 11) is 1.64. The van der Waals surface area contributed by atoms with Gasteiger partial charge in [-0.15, -0.1) is 0 Å². The quantitative estimate of drug-likeness (QED) is 0.614. The van der Waals surface area contributed by atoms with E-state index in [9.17, 15) is 0 Å². The van der Waals surface area contributed by atoms with E-state index >= 15 is 0 Å². The molecule has 1 rings (SSSR count). The first-order valence-electron chi connectivity index (χ1n) is 3.03. The van der Waals surface area contributed by atoms with Crippen LogP contribution in [0.5, 0.6) is 0 Å². The van der Waals surface area contributed by atoms with Gasteiger partial charge in [-0.25, -0.2) is 4.98 Å². The second-order valence-electron chi connectivity index (χ2n) is 2.00. The number of aromatic nitrogens is 1. The van der Waals surface area contributed by atoms with E-state index in [0.29, 0.717) is 11.8 Å². The Kier molecular flexibility index (Phi) is 3.54. The Morgan fingerprint density at radius 3 is 3.00 bits per heavy atom. The zero-order chi connectivity index (χ0) is 8.27. The van der Waals surface area contributed by atoms with Crippen LogP contribution < -0.4 is 0 Å². The van der Waals surface area contributed by atoms with Gasteiger partial charge < -0.3 is 4.74 Å². The minimum atomic E-state index is 0.519. The molecule has 0 fully saturated rings. The van der Waals surface area contributed by atoms with E-state index in [-0.39, 0.29) is 0 Å². The van der Waals surface area contributed by atoms with E-state index in [4.69, 9.17) is 16.3 Å². The number of nitrogens with zero attached hydrogens (tertiary/aromatic N) is 1. The van der Waals surface area contributed by atoms with E-state index < -0.39 is 0 Å². The highest BCUT2D eigenvalue weighted by Crippen LogP contribution is 2.19. The molecule has 0 aliphatic heterocycles. The Morgan fingerprint density at radius 1 is 1.73 bits per heavy atom. The number of pyridine rings is 1. The van der Waals surface area contributed by atoms with Crippen LogP contribution in [0.4, 0.5) is 0 Å². The van der Waals surface area contributed by atoms with Crippen LogP contribution in [0.15, 0.2) is 12.3 Å². The summed E-state index contributed by atoms with van der Waals surface area (Å²) in [4.78, 5) is 3.94. The topological polar surface area (TPSA) is 22.1 Å². The molecule has 0 saturated heterocycles. The fraction of sp³-hybridized carbons (Fsp3) is 0.286. The number of rotatable bonds is 2. The lowest BCUT2D eigenvalue weighted by molar-refractivity contribution is 0.184. The molecule has 1 aromatic rings. The SMILES string of the molecule is COCc1c(I)ccnc1Cl. The van der Waals surface area contributed by atoms with E-state index in [1.807, 2.05) is 6.07 Å². The van der Waals surface area contributed by atoms with E-state index in [1.54, 1.807) is 13.3 Å². The van der Waals surface area contributed by atoms with Gasteiger partial charge in [-0.1, -0.05) is 11.6 Å². The fourth-order valence-electron chi connectivity index (χ4n) is 0.718. The summed E-state index contributed by atoms with van der Waals surface area (Å²) in [6, 6.07) is 1.90. The minimum Gasteiger partial charge on any atom is -0.380 e. The average molecular weight is 283 g/mol. The number of ether oxygens (including phenoxy) is 1. The molecule has 0 unspecified atom stereocenters. The molecule has 0 aromatic carbocycles. The first-order valence-corrected chi connectivity index (χ1v) is 4.49. The van der Waals surface area contributed by atoms with Crippen molar-refractivity contribution in [3.63, 3.8) is 0 Å². The first kappa shape index (κ1) is 9.22. The Bertz CT molecular complexity index is 234. The maximum absolute atomic E-state index is 5.81. The van der Waals surface area contributed by atoms with Gasteiger partial charge in [-0.2, -0.15) is 0 Å². The molecule has 0 aliphatic carbocycles. The highest BCUT2D eigenvalue weighted by atomic mass is 127. The summed E-state index contributed by atoms with van der Waals surface area (Å²) in [6.07, 6.45) is 1.68. The molecule has 1 heterocycles. The molecule has 0 spiro atoms. The standard InChI is InChI=1S/C7H7ClINO/c1-11-4-5-6(9)2-3-10-7(5)8/h2-3H,4H2,1H3. The Morgan fingerprint density at radius 2 is 2.45 bits per heavy atom. The first-order chi connectivity index (χ1) is 5.25. The maximum atomic E-state index is 5.81. The Balaban J connectivity index is 3.00. The van der Waals surface area contributed by atoms with Gasteiger partial charge >= 0.3 is 0 Å². The second kappa shape index (κ2) is 4.23. The molecule has 1 aromatic heterocycles. The average Bonchev–Trinajstić information content (AvgIpc) is 1.97. The predicted molar refractivity (Wildman–Crippen MR) is 52.7 cm³/mol. The highest BCUT2D eigenvalue weighted by Gasteiger charge is 2.04. The third-order valence-electron chi connectivity index (χ3n) is 1.23. The largest absolute Gasteiger partial charge is 0.380 e. The molecule has 11 heavy (non-hydrogen) atoms. The number of hydrogen-bond donors (Lipinski definition) is 0. The van der Waals surface area contributed by atoms with Gasteiger partial charge in [-0.05, 0) is 28.7 Å². The van der Waals surface area contributed by atoms with Crippen molar-refractivity contribution in [2.24, 2.45) is 0 Å². The normalized spacial score (nSPS) is 10.1. The van der Waals surface area contributed by atoms with Crippen molar-refractivity contribution < 1.29 is 4.74 Å². The summed E-state index contributed by atoms with van der Waals surface area (Å²) < 4.78 is 6.05. The smallest absolute Gasteiger partial charge is 0.135 e. The zero-order valence-electron chi connectivity index (χ0n) is 5.97. The lowest BCUT2D eigenvalue weighted by Crippen LogP contribution is -1.94. The van der Waals surface area contributed by atoms with Crippen LogP contribution >= 0.6 is 34.2 Å². The van der Waals surface area contributed by atoms with Crippen LogP contribution in [0.25, 0.3) is 0 Å². The molecule has 0 amide bonds. The molecule has 0 radical (unpaired) electrons. The number of hydrogen-bond acceptors (Lipinski definition) is 2. The number of methoxy groups -OCH3 is 1. The van der Waals surface area contributed by atoms with Crippen LogP contribution in [0.3, 0.4) is 0 Å². The predicted octanol–water partition coefficient (Wildman–Crippen LogP) is 2.49. The molecule has 0 aliphatic rings. The summed E-state index contributed by atoms with van der Waals surface area (Å²) >= 11 is 8.02. The van der Waals surface area contributed by atoms with Crippen LogP contribution in [-0.4, -0.2) is 12.1 Å². The third kappa shape index (κ3) is 2.28. The molecule has 0 saturated carbocycles. The highest BCUT2D eigenvalue weighted by molar-refractivity contribution is 14.1. The van der Waals surface area contributed by atoms with Crippen molar-refractivity contribution in [1.82, 2.24) is 4.98 Å². The van der Waals surface area contributed by atoms with Crippen molar-refractivity contribution in [3.8, 4) is 0 Å². The van der Waals surface area contributed by atoms with Gasteiger partial charge in [0.15, 0.2) is 0 Å². The van der Waals surface area contributed by atoms with E-state index in [2.05, 4.69) is 27.6 Å². The molecule has 60 valence electrons. The van der Waals surface area contributed by atoms with Crippen LogP contribution in [0.2, 0.25) is 5.15 Å².